The summed E-state index contributed by atoms with van der Waals surface area (Å²) in [5.74, 6) is -36.6. The third-order valence-corrected chi connectivity index (χ3v) is 3.62. The molecule has 1 saturated carbocycles. The normalized spacial score (nSPS) is 33.4. The van der Waals surface area contributed by atoms with Crippen molar-refractivity contribution in [2.75, 3.05) is 0 Å². The van der Waals surface area contributed by atoms with Gasteiger partial charge in [0.2, 0.25) is 11.1 Å². The lowest BCUT2D eigenvalue weighted by Crippen LogP contribution is -2.84. The zero-order valence-corrected chi connectivity index (χ0v) is 9.24. The van der Waals surface area contributed by atoms with Gasteiger partial charge in [-0.2, -0.15) is 43.9 Å². The largest absolute Gasteiger partial charge is 0.384 e. The van der Waals surface area contributed by atoms with Gasteiger partial charge in [-0.05, 0) is 0 Å². The van der Waals surface area contributed by atoms with E-state index >= 15 is 0 Å². The molecule has 20 heavy (non-hydrogen) atoms. The first-order chi connectivity index (χ1) is 8.44. The van der Waals surface area contributed by atoms with E-state index in [1.165, 1.54) is 0 Å². The predicted octanol–water partition coefficient (Wildman–Crippen LogP) is 3.06. The van der Waals surface area contributed by atoms with Crippen LogP contribution in [0.4, 0.5) is 48.3 Å². The molecule has 1 aliphatic carbocycles. The lowest BCUT2D eigenvalue weighted by molar-refractivity contribution is -0.469. The molecule has 0 aliphatic heterocycles. The molecule has 1 unspecified atom stereocenters. The minimum Gasteiger partial charge on any atom is -0.303 e. The molecule has 0 radical (unpaired) electrons. The molecular formula is C6HF11O2S. The van der Waals surface area contributed by atoms with Crippen molar-refractivity contribution in [1.29, 1.82) is 0 Å². The highest BCUT2D eigenvalue weighted by Gasteiger charge is 3.03. The van der Waals surface area contributed by atoms with Crippen LogP contribution in [0.15, 0.2) is 0 Å². The zero-order valence-electron chi connectivity index (χ0n) is 8.42. The number of hydrogen-bond acceptors (Lipinski definition) is 1. The average molecular weight is 346 g/mol. The van der Waals surface area contributed by atoms with Crippen molar-refractivity contribution in [2.45, 2.75) is 34.6 Å². The summed E-state index contributed by atoms with van der Waals surface area (Å²) in [4.78, 5) is 0. The molecule has 0 aromatic heterocycles. The van der Waals surface area contributed by atoms with Gasteiger partial charge in [-0.25, -0.2) is 8.60 Å². The quantitative estimate of drug-likeness (QED) is 0.585. The minimum absolute atomic E-state index is 5.34. The molecule has 0 aromatic rings. The second kappa shape index (κ2) is 3.75. The highest BCUT2D eigenvalue weighted by Crippen LogP contribution is 2.69. The molecule has 14 heteroatoms. The molecule has 120 valence electrons. The molecule has 1 fully saturated rings. The van der Waals surface area contributed by atoms with Crippen LogP contribution in [-0.2, 0) is 11.1 Å². The van der Waals surface area contributed by atoms with Gasteiger partial charge in [-0.1, -0.05) is 0 Å². The second-order valence-electron chi connectivity index (χ2n) is 3.72. The van der Waals surface area contributed by atoms with Gasteiger partial charge < -0.3 is 4.55 Å². The van der Waals surface area contributed by atoms with Crippen molar-refractivity contribution >= 4 is 11.1 Å². The van der Waals surface area contributed by atoms with E-state index in [1.54, 1.807) is 0 Å². The highest BCUT2D eigenvalue weighted by atomic mass is 32.2. The van der Waals surface area contributed by atoms with Crippen LogP contribution < -0.4 is 0 Å². The Morgan fingerprint density at radius 3 is 0.950 bits per heavy atom. The molecule has 1 rings (SSSR count). The smallest absolute Gasteiger partial charge is 0.303 e. The van der Waals surface area contributed by atoms with E-state index in [4.69, 9.17) is 4.55 Å². The molecule has 1 N–H and O–H groups in total. The van der Waals surface area contributed by atoms with Crippen molar-refractivity contribution in [3.8, 4) is 0 Å². The van der Waals surface area contributed by atoms with Crippen LogP contribution in [0.3, 0.4) is 0 Å². The number of alkyl halides is 11. The van der Waals surface area contributed by atoms with Crippen LogP contribution in [0.5, 0.6) is 0 Å². The van der Waals surface area contributed by atoms with E-state index in [1.807, 2.05) is 0 Å². The molecule has 2 nitrogen and oxygen atoms in total. The summed E-state index contributed by atoms with van der Waals surface area (Å²) in [6, 6.07) is 0. The predicted molar refractivity (Wildman–Crippen MR) is 39.3 cm³/mol. The van der Waals surface area contributed by atoms with E-state index in [2.05, 4.69) is 0 Å². The first-order valence-corrected chi connectivity index (χ1v) is 5.24. The van der Waals surface area contributed by atoms with Gasteiger partial charge in [0.05, 0.1) is 0 Å². The van der Waals surface area contributed by atoms with Crippen molar-refractivity contribution in [2.24, 2.45) is 0 Å². The first kappa shape index (κ1) is 17.4. The highest BCUT2D eigenvalue weighted by molar-refractivity contribution is 7.80. The fraction of sp³-hybridized carbons (Fsp3) is 1.00. The maximum Gasteiger partial charge on any atom is 0.384 e. The van der Waals surface area contributed by atoms with Crippen molar-refractivity contribution in [1.82, 2.24) is 0 Å². The van der Waals surface area contributed by atoms with Gasteiger partial charge >= 0.3 is 34.6 Å². The summed E-state index contributed by atoms with van der Waals surface area (Å²) in [5, 5.41) is -6.82. The number of halogens is 11. The lowest BCUT2D eigenvalue weighted by Gasteiger charge is -2.50. The fourth-order valence-corrected chi connectivity index (χ4v) is 2.11. The third kappa shape index (κ3) is 1.31. The molecular weight excluding hydrogens is 345 g/mol. The van der Waals surface area contributed by atoms with Crippen LogP contribution >= 0.6 is 0 Å². The summed E-state index contributed by atoms with van der Waals surface area (Å²) in [5.41, 5.74) is 0. The summed E-state index contributed by atoms with van der Waals surface area (Å²) in [7, 11) is 0. The van der Waals surface area contributed by atoms with Crippen LogP contribution in [-0.4, -0.2) is 43.4 Å². The summed E-state index contributed by atoms with van der Waals surface area (Å²) < 4.78 is 158. The van der Waals surface area contributed by atoms with Gasteiger partial charge in [-0.3, -0.25) is 0 Å². The van der Waals surface area contributed by atoms with Gasteiger partial charge in [0.15, 0.2) is 0 Å². The molecule has 0 aromatic carbocycles. The van der Waals surface area contributed by atoms with Gasteiger partial charge in [0.25, 0.3) is 0 Å². The maximum absolute atomic E-state index is 13.2. The van der Waals surface area contributed by atoms with E-state index in [0.29, 0.717) is 0 Å². The molecule has 0 bridgehead atoms. The van der Waals surface area contributed by atoms with E-state index in [-0.39, 0.29) is 0 Å². The van der Waals surface area contributed by atoms with E-state index in [0.717, 1.165) is 0 Å². The molecule has 0 amide bonds. The van der Waals surface area contributed by atoms with E-state index in [9.17, 15) is 52.5 Å². The molecule has 0 saturated heterocycles. The Hall–Kier alpha value is -0.660. The third-order valence-electron chi connectivity index (χ3n) is 2.63. The Morgan fingerprint density at radius 2 is 0.750 bits per heavy atom. The lowest BCUT2D eigenvalue weighted by atomic mass is 9.81. The molecule has 1 atom stereocenters. The SMILES string of the molecule is O=S(O)C1(F)C(F)(F)C(F)(F)C(F)(F)C(F)(F)C1(F)F. The Morgan fingerprint density at radius 1 is 0.550 bits per heavy atom. The molecule has 0 spiro atoms. The van der Waals surface area contributed by atoms with Gasteiger partial charge in [0, 0.05) is 0 Å². The van der Waals surface area contributed by atoms with Gasteiger partial charge in [-0.15, -0.1) is 0 Å². The summed E-state index contributed by atoms with van der Waals surface area (Å²) in [6.07, 6.45) is 0. The zero-order chi connectivity index (χ0) is 16.6. The monoisotopic (exact) mass is 346 g/mol. The van der Waals surface area contributed by atoms with Crippen molar-refractivity contribution in [3.05, 3.63) is 0 Å². The number of hydrogen-bond donors (Lipinski definition) is 1. The summed E-state index contributed by atoms with van der Waals surface area (Å²) in [6.45, 7) is 0. The Balaban J connectivity index is 3.88. The molecule has 1 aliphatic rings. The minimum atomic E-state index is -7.37. The van der Waals surface area contributed by atoms with E-state index < -0.39 is 45.7 Å². The maximum atomic E-state index is 13.2. The van der Waals surface area contributed by atoms with Crippen LogP contribution in [0.25, 0.3) is 0 Å². The van der Waals surface area contributed by atoms with Gasteiger partial charge in [0.1, 0.15) is 0 Å². The van der Waals surface area contributed by atoms with Crippen molar-refractivity contribution in [3.63, 3.8) is 0 Å². The average Bonchev–Trinajstić information content (AvgIpc) is 2.24. The van der Waals surface area contributed by atoms with Crippen LogP contribution in [0.2, 0.25) is 0 Å². The molecule has 0 heterocycles. The van der Waals surface area contributed by atoms with Crippen LogP contribution in [0.1, 0.15) is 0 Å². The number of rotatable bonds is 1. The van der Waals surface area contributed by atoms with Crippen LogP contribution in [0, 0.1) is 0 Å². The Kier molecular flexibility index (Phi) is 3.26. The Bertz CT molecular complexity index is 428. The second-order valence-corrected chi connectivity index (χ2v) is 4.78. The standard InChI is InChI=1S/C6HF11O2S/c7-1(8)2(9,10)4(13,14)6(17,20(18)19)5(15,16)3(1,11)12/h(H,18,19). The van der Waals surface area contributed by atoms with Crippen molar-refractivity contribution < 1.29 is 57.1 Å². The summed E-state index contributed by atoms with van der Waals surface area (Å²) >= 11 is -5.34. The topological polar surface area (TPSA) is 37.3 Å². The Labute approximate surface area is 104 Å². The first-order valence-electron chi connectivity index (χ1n) is 4.13. The fourth-order valence-electron chi connectivity index (χ4n) is 1.41.